The van der Waals surface area contributed by atoms with Crippen LogP contribution < -0.4 is 0 Å². The molecule has 0 radical (unpaired) electrons. The molecule has 0 bridgehead atoms. The molecule has 0 atom stereocenters. The highest BCUT2D eigenvalue weighted by Crippen LogP contribution is 2.27. The molecular formula is C16H18O. The summed E-state index contributed by atoms with van der Waals surface area (Å²) in [6, 6.07) is 12.6. The van der Waals surface area contributed by atoms with Crippen molar-refractivity contribution < 1.29 is 5.11 Å². The summed E-state index contributed by atoms with van der Waals surface area (Å²) in [6.07, 6.45) is 0. The minimum Gasteiger partial charge on any atom is -0.392 e. The van der Waals surface area contributed by atoms with E-state index in [-0.39, 0.29) is 6.61 Å². The van der Waals surface area contributed by atoms with Gasteiger partial charge in [-0.1, -0.05) is 42.0 Å². The Balaban J connectivity index is 2.53. The van der Waals surface area contributed by atoms with Gasteiger partial charge in [0.05, 0.1) is 6.61 Å². The van der Waals surface area contributed by atoms with Gasteiger partial charge < -0.3 is 5.11 Å². The van der Waals surface area contributed by atoms with Crippen molar-refractivity contribution in [1.29, 1.82) is 0 Å². The van der Waals surface area contributed by atoms with Gasteiger partial charge in [0.1, 0.15) is 0 Å². The Morgan fingerprint density at radius 3 is 1.94 bits per heavy atom. The van der Waals surface area contributed by atoms with Gasteiger partial charge in [0.15, 0.2) is 0 Å². The average molecular weight is 226 g/mol. The van der Waals surface area contributed by atoms with E-state index in [9.17, 15) is 0 Å². The second-order valence-corrected chi connectivity index (χ2v) is 4.63. The van der Waals surface area contributed by atoms with E-state index >= 15 is 0 Å². The highest BCUT2D eigenvalue weighted by atomic mass is 16.3. The third-order valence-corrected chi connectivity index (χ3v) is 3.15. The molecule has 0 aliphatic carbocycles. The molecule has 0 heterocycles. The van der Waals surface area contributed by atoms with Crippen LogP contribution in [-0.4, -0.2) is 5.11 Å². The molecule has 0 fully saturated rings. The number of hydrogen-bond donors (Lipinski definition) is 1. The van der Waals surface area contributed by atoms with Crippen LogP contribution in [0.1, 0.15) is 22.3 Å². The van der Waals surface area contributed by atoms with Crippen molar-refractivity contribution in [3.8, 4) is 11.1 Å². The van der Waals surface area contributed by atoms with Gasteiger partial charge in [0, 0.05) is 0 Å². The molecule has 1 N–H and O–H groups in total. The van der Waals surface area contributed by atoms with Crippen LogP contribution in [0.3, 0.4) is 0 Å². The number of rotatable bonds is 2. The van der Waals surface area contributed by atoms with Crippen molar-refractivity contribution in [2.75, 3.05) is 0 Å². The Hall–Kier alpha value is -1.60. The van der Waals surface area contributed by atoms with Crippen molar-refractivity contribution in [2.45, 2.75) is 27.4 Å². The molecule has 0 aliphatic heterocycles. The minimum atomic E-state index is 0.105. The molecule has 0 saturated heterocycles. The first-order valence-corrected chi connectivity index (χ1v) is 5.90. The third-order valence-electron chi connectivity index (χ3n) is 3.15. The fourth-order valence-corrected chi connectivity index (χ4v) is 2.24. The maximum absolute atomic E-state index is 9.11. The number of benzene rings is 2. The fraction of sp³-hybridized carbons (Fsp3) is 0.250. The van der Waals surface area contributed by atoms with Crippen molar-refractivity contribution in [3.63, 3.8) is 0 Å². The Morgan fingerprint density at radius 2 is 1.41 bits per heavy atom. The van der Waals surface area contributed by atoms with E-state index in [0.717, 1.165) is 5.56 Å². The van der Waals surface area contributed by atoms with Crippen LogP contribution in [0.2, 0.25) is 0 Å². The first kappa shape index (κ1) is 11.9. The Bertz CT molecular complexity index is 541. The lowest BCUT2D eigenvalue weighted by atomic mass is 9.94. The first-order chi connectivity index (χ1) is 8.11. The zero-order chi connectivity index (χ0) is 12.4. The predicted octanol–water partition coefficient (Wildman–Crippen LogP) is 3.77. The van der Waals surface area contributed by atoms with E-state index in [4.69, 9.17) is 5.11 Å². The predicted molar refractivity (Wildman–Crippen MR) is 72.0 cm³/mol. The lowest BCUT2D eigenvalue weighted by molar-refractivity contribution is 0.282. The van der Waals surface area contributed by atoms with Crippen LogP contribution in [0.25, 0.3) is 11.1 Å². The van der Waals surface area contributed by atoms with Crippen LogP contribution in [0.5, 0.6) is 0 Å². The molecule has 1 nitrogen and oxygen atoms in total. The van der Waals surface area contributed by atoms with E-state index in [1.807, 2.05) is 6.07 Å². The summed E-state index contributed by atoms with van der Waals surface area (Å²) in [5.41, 5.74) is 7.29. The number of aryl methyl sites for hydroxylation is 3. The lowest BCUT2D eigenvalue weighted by Crippen LogP contribution is -1.90. The molecule has 17 heavy (non-hydrogen) atoms. The largest absolute Gasteiger partial charge is 0.392 e. The van der Waals surface area contributed by atoms with Crippen molar-refractivity contribution in [3.05, 3.63) is 58.7 Å². The molecule has 2 rings (SSSR count). The van der Waals surface area contributed by atoms with Crippen LogP contribution in [0, 0.1) is 20.8 Å². The van der Waals surface area contributed by atoms with Crippen molar-refractivity contribution in [2.24, 2.45) is 0 Å². The summed E-state index contributed by atoms with van der Waals surface area (Å²) in [5, 5.41) is 9.11. The number of aliphatic hydroxyl groups excluding tert-OH is 1. The molecule has 0 aliphatic rings. The second kappa shape index (κ2) is 4.72. The summed E-state index contributed by atoms with van der Waals surface area (Å²) in [4.78, 5) is 0. The molecule has 2 aromatic carbocycles. The number of hydrogen-bond acceptors (Lipinski definition) is 1. The summed E-state index contributed by atoms with van der Waals surface area (Å²) in [5.74, 6) is 0. The van der Waals surface area contributed by atoms with Gasteiger partial charge in [-0.2, -0.15) is 0 Å². The topological polar surface area (TPSA) is 20.2 Å². The summed E-state index contributed by atoms with van der Waals surface area (Å²) in [6.45, 7) is 6.45. The zero-order valence-corrected chi connectivity index (χ0v) is 10.6. The van der Waals surface area contributed by atoms with E-state index in [0.29, 0.717) is 0 Å². The van der Waals surface area contributed by atoms with E-state index in [1.54, 1.807) is 0 Å². The minimum absolute atomic E-state index is 0.105. The number of aliphatic hydroxyl groups is 1. The van der Waals surface area contributed by atoms with Gasteiger partial charge in [0.25, 0.3) is 0 Å². The molecule has 0 saturated carbocycles. The smallest absolute Gasteiger partial charge is 0.0681 e. The Morgan fingerprint density at radius 1 is 0.824 bits per heavy atom. The van der Waals surface area contributed by atoms with Crippen LogP contribution >= 0.6 is 0 Å². The second-order valence-electron chi connectivity index (χ2n) is 4.63. The van der Waals surface area contributed by atoms with E-state index in [1.165, 1.54) is 27.8 Å². The molecule has 88 valence electrons. The van der Waals surface area contributed by atoms with Crippen molar-refractivity contribution >= 4 is 0 Å². The van der Waals surface area contributed by atoms with Crippen molar-refractivity contribution in [1.82, 2.24) is 0 Å². The molecule has 2 aromatic rings. The van der Waals surface area contributed by atoms with Crippen LogP contribution in [0.15, 0.2) is 36.4 Å². The highest BCUT2D eigenvalue weighted by molar-refractivity contribution is 5.71. The van der Waals surface area contributed by atoms with E-state index < -0.39 is 0 Å². The molecular weight excluding hydrogens is 208 g/mol. The van der Waals surface area contributed by atoms with Gasteiger partial charge in [-0.15, -0.1) is 0 Å². The molecule has 1 heteroatoms. The molecule has 0 unspecified atom stereocenters. The van der Waals surface area contributed by atoms with Gasteiger partial charge >= 0.3 is 0 Å². The summed E-state index contributed by atoms with van der Waals surface area (Å²) < 4.78 is 0. The van der Waals surface area contributed by atoms with Gasteiger partial charge in [0.2, 0.25) is 0 Å². The Kier molecular flexibility index (Phi) is 3.30. The van der Waals surface area contributed by atoms with Crippen LogP contribution in [-0.2, 0) is 6.61 Å². The SMILES string of the molecule is Cc1ccc(-c2ccc(CO)cc2C)c(C)c1. The highest BCUT2D eigenvalue weighted by Gasteiger charge is 2.05. The van der Waals surface area contributed by atoms with Gasteiger partial charge in [-0.25, -0.2) is 0 Å². The first-order valence-electron chi connectivity index (χ1n) is 5.90. The van der Waals surface area contributed by atoms with Gasteiger partial charge in [-0.05, 0) is 48.6 Å². The van der Waals surface area contributed by atoms with Crippen LogP contribution in [0.4, 0.5) is 0 Å². The monoisotopic (exact) mass is 226 g/mol. The molecule has 0 spiro atoms. The summed E-state index contributed by atoms with van der Waals surface area (Å²) >= 11 is 0. The quantitative estimate of drug-likeness (QED) is 0.826. The zero-order valence-electron chi connectivity index (χ0n) is 10.6. The molecule has 0 aromatic heterocycles. The maximum atomic E-state index is 9.11. The third kappa shape index (κ3) is 2.40. The average Bonchev–Trinajstić information content (AvgIpc) is 2.30. The lowest BCUT2D eigenvalue weighted by Gasteiger charge is -2.11. The Labute approximate surface area is 103 Å². The maximum Gasteiger partial charge on any atom is 0.0681 e. The normalized spacial score (nSPS) is 10.6. The van der Waals surface area contributed by atoms with Gasteiger partial charge in [-0.3, -0.25) is 0 Å². The van der Waals surface area contributed by atoms with E-state index in [2.05, 4.69) is 51.1 Å². The fourth-order valence-electron chi connectivity index (χ4n) is 2.24. The summed E-state index contributed by atoms with van der Waals surface area (Å²) in [7, 11) is 0. The standard InChI is InChI=1S/C16H18O/c1-11-4-6-15(12(2)8-11)16-7-5-14(10-17)9-13(16)3/h4-9,17H,10H2,1-3H3. The molecule has 0 amide bonds.